The fourth-order valence-corrected chi connectivity index (χ4v) is 3.30. The molecule has 0 aliphatic carbocycles. The fourth-order valence-electron chi connectivity index (χ4n) is 3.12. The fraction of sp³-hybridized carbons (Fsp3) is 0.0952. The van der Waals surface area contributed by atoms with Crippen LogP contribution in [0.25, 0.3) is 16.7 Å². The predicted molar refractivity (Wildman–Crippen MR) is 113 cm³/mol. The second kappa shape index (κ2) is 7.92. The third-order valence-electron chi connectivity index (χ3n) is 4.56. The smallest absolute Gasteiger partial charge is 0.192 e. The van der Waals surface area contributed by atoms with Crippen molar-refractivity contribution < 1.29 is 4.84 Å². The summed E-state index contributed by atoms with van der Waals surface area (Å²) in [4.78, 5) is 14.4. The number of hydrogen-bond acceptors (Lipinski definition) is 6. The van der Waals surface area contributed by atoms with Crippen LogP contribution in [0.2, 0.25) is 5.02 Å². The van der Waals surface area contributed by atoms with Crippen LogP contribution < -0.4 is 0 Å². The highest BCUT2D eigenvalue weighted by Gasteiger charge is 2.13. The van der Waals surface area contributed by atoms with Crippen molar-refractivity contribution in [2.75, 3.05) is 0 Å². The Morgan fingerprint density at radius 3 is 2.73 bits per heavy atom. The predicted octanol–water partition coefficient (Wildman–Crippen LogP) is 3.73. The van der Waals surface area contributed by atoms with Crippen LogP contribution >= 0.6 is 11.6 Å². The molecule has 30 heavy (non-hydrogen) atoms. The lowest BCUT2D eigenvalue weighted by molar-refractivity contribution is 0.126. The molecule has 0 amide bonds. The molecule has 9 heteroatoms. The third kappa shape index (κ3) is 3.60. The van der Waals surface area contributed by atoms with Crippen molar-refractivity contribution in [3.63, 3.8) is 0 Å². The number of benzene rings is 2. The first-order valence-electron chi connectivity index (χ1n) is 9.27. The SMILES string of the molecule is Clc1ccccc1C=NOCc1nc2c3cnn(Cc4ccccc4)c3ncn2n1. The monoisotopic (exact) mass is 417 g/mol. The molecule has 0 bridgehead atoms. The number of hydrogen-bond donors (Lipinski definition) is 0. The van der Waals surface area contributed by atoms with Crippen molar-refractivity contribution >= 4 is 34.5 Å². The van der Waals surface area contributed by atoms with E-state index in [9.17, 15) is 0 Å². The van der Waals surface area contributed by atoms with Gasteiger partial charge in [-0.2, -0.15) is 5.10 Å². The summed E-state index contributed by atoms with van der Waals surface area (Å²) in [6.07, 6.45) is 4.95. The highest BCUT2D eigenvalue weighted by atomic mass is 35.5. The van der Waals surface area contributed by atoms with E-state index in [0.29, 0.717) is 23.0 Å². The van der Waals surface area contributed by atoms with Crippen molar-refractivity contribution in [3.05, 3.63) is 89.1 Å². The van der Waals surface area contributed by atoms with Gasteiger partial charge in [-0.1, -0.05) is 65.3 Å². The zero-order chi connectivity index (χ0) is 20.3. The van der Waals surface area contributed by atoms with Crippen LogP contribution in [0, 0.1) is 0 Å². The number of nitrogens with zero attached hydrogens (tertiary/aromatic N) is 7. The van der Waals surface area contributed by atoms with Crippen molar-refractivity contribution in [2.45, 2.75) is 13.2 Å². The second-order valence-corrected chi connectivity index (χ2v) is 7.00. The molecule has 0 fully saturated rings. The molecule has 0 aliphatic heterocycles. The van der Waals surface area contributed by atoms with E-state index in [4.69, 9.17) is 16.4 Å². The lowest BCUT2D eigenvalue weighted by atomic mass is 10.2. The van der Waals surface area contributed by atoms with Gasteiger partial charge < -0.3 is 4.84 Å². The maximum absolute atomic E-state index is 6.09. The molecule has 148 valence electrons. The summed E-state index contributed by atoms with van der Waals surface area (Å²) >= 11 is 6.09. The summed E-state index contributed by atoms with van der Waals surface area (Å²) in [5.41, 5.74) is 3.35. The van der Waals surface area contributed by atoms with Crippen molar-refractivity contribution in [1.82, 2.24) is 29.4 Å². The molecule has 3 heterocycles. The lowest BCUT2D eigenvalue weighted by Crippen LogP contribution is -2.03. The molecule has 0 N–H and O–H groups in total. The van der Waals surface area contributed by atoms with Crippen LogP contribution in [-0.2, 0) is 18.0 Å². The third-order valence-corrected chi connectivity index (χ3v) is 4.90. The quantitative estimate of drug-likeness (QED) is 0.310. The van der Waals surface area contributed by atoms with Gasteiger partial charge in [0.2, 0.25) is 0 Å². The highest BCUT2D eigenvalue weighted by molar-refractivity contribution is 6.33. The first-order valence-corrected chi connectivity index (χ1v) is 9.65. The van der Waals surface area contributed by atoms with Crippen LogP contribution in [-0.4, -0.2) is 35.6 Å². The second-order valence-electron chi connectivity index (χ2n) is 6.60. The Morgan fingerprint density at radius 2 is 1.87 bits per heavy atom. The summed E-state index contributed by atoms with van der Waals surface area (Å²) in [5.74, 6) is 0.497. The van der Waals surface area contributed by atoms with E-state index < -0.39 is 0 Å². The van der Waals surface area contributed by atoms with Crippen molar-refractivity contribution in [3.8, 4) is 0 Å². The molecule has 0 radical (unpaired) electrons. The number of halogens is 1. The molecule has 0 saturated carbocycles. The zero-order valence-electron chi connectivity index (χ0n) is 15.8. The minimum absolute atomic E-state index is 0.127. The largest absolute Gasteiger partial charge is 0.387 e. The summed E-state index contributed by atoms with van der Waals surface area (Å²) in [6, 6.07) is 17.5. The minimum Gasteiger partial charge on any atom is -0.387 e. The Morgan fingerprint density at radius 1 is 1.03 bits per heavy atom. The van der Waals surface area contributed by atoms with Gasteiger partial charge in [-0.25, -0.2) is 19.2 Å². The van der Waals surface area contributed by atoms with Crippen LogP contribution in [0.4, 0.5) is 0 Å². The van der Waals surface area contributed by atoms with Crippen molar-refractivity contribution in [1.29, 1.82) is 0 Å². The number of rotatable bonds is 6. The molecule has 0 unspecified atom stereocenters. The number of aromatic nitrogens is 6. The number of oxime groups is 1. The van der Waals surface area contributed by atoms with Gasteiger partial charge in [0.25, 0.3) is 0 Å². The maximum atomic E-state index is 6.09. The molecule has 0 saturated heterocycles. The zero-order valence-corrected chi connectivity index (χ0v) is 16.5. The normalized spacial score (nSPS) is 11.6. The molecular formula is C21H16ClN7O. The van der Waals surface area contributed by atoms with Crippen LogP contribution in [0.3, 0.4) is 0 Å². The van der Waals surface area contributed by atoms with Gasteiger partial charge in [-0.15, -0.1) is 5.10 Å². The van der Waals surface area contributed by atoms with E-state index in [-0.39, 0.29) is 6.61 Å². The van der Waals surface area contributed by atoms with Gasteiger partial charge in [0.1, 0.15) is 6.33 Å². The first-order chi connectivity index (χ1) is 14.8. The molecule has 0 aliphatic rings. The molecule has 0 spiro atoms. The Balaban J connectivity index is 1.35. The van der Waals surface area contributed by atoms with Gasteiger partial charge in [0.05, 0.1) is 24.3 Å². The lowest BCUT2D eigenvalue weighted by Gasteiger charge is -2.02. The van der Waals surface area contributed by atoms with E-state index in [1.165, 1.54) is 0 Å². The van der Waals surface area contributed by atoms with E-state index in [1.54, 1.807) is 29.3 Å². The van der Waals surface area contributed by atoms with E-state index >= 15 is 0 Å². The van der Waals surface area contributed by atoms with E-state index in [0.717, 1.165) is 22.2 Å². The summed E-state index contributed by atoms with van der Waals surface area (Å²) in [7, 11) is 0. The summed E-state index contributed by atoms with van der Waals surface area (Å²) < 4.78 is 3.47. The number of fused-ring (bicyclic) bond motifs is 3. The van der Waals surface area contributed by atoms with Gasteiger partial charge in [-0.05, 0) is 11.6 Å². The highest BCUT2D eigenvalue weighted by Crippen LogP contribution is 2.18. The van der Waals surface area contributed by atoms with Crippen LogP contribution in [0.15, 0.2) is 72.3 Å². The van der Waals surface area contributed by atoms with E-state index in [1.807, 2.05) is 41.1 Å². The molecule has 8 nitrogen and oxygen atoms in total. The Labute approximate surface area is 176 Å². The van der Waals surface area contributed by atoms with E-state index in [2.05, 4.69) is 37.5 Å². The maximum Gasteiger partial charge on any atom is 0.192 e. The Hall–Kier alpha value is -3.78. The van der Waals surface area contributed by atoms with Gasteiger partial charge in [0, 0.05) is 10.6 Å². The van der Waals surface area contributed by atoms with Crippen LogP contribution in [0.1, 0.15) is 17.0 Å². The molecule has 2 aromatic carbocycles. The molecular weight excluding hydrogens is 402 g/mol. The molecule has 5 rings (SSSR count). The summed E-state index contributed by atoms with van der Waals surface area (Å²) in [5, 5.41) is 14.3. The Kier molecular flexibility index (Phi) is 4.82. The minimum atomic E-state index is 0.127. The summed E-state index contributed by atoms with van der Waals surface area (Å²) in [6.45, 7) is 0.761. The van der Waals surface area contributed by atoms with Gasteiger partial charge >= 0.3 is 0 Å². The van der Waals surface area contributed by atoms with Gasteiger partial charge in [-0.3, -0.25) is 0 Å². The first kappa shape index (κ1) is 18.3. The van der Waals surface area contributed by atoms with Crippen LogP contribution in [0.5, 0.6) is 0 Å². The van der Waals surface area contributed by atoms with Gasteiger partial charge in [0.15, 0.2) is 23.7 Å². The average Bonchev–Trinajstić information content (AvgIpc) is 3.37. The molecule has 5 aromatic rings. The topological polar surface area (TPSA) is 82.5 Å². The molecule has 3 aromatic heterocycles. The van der Waals surface area contributed by atoms with Crippen molar-refractivity contribution in [2.24, 2.45) is 5.16 Å². The molecule has 0 atom stereocenters. The Bertz CT molecular complexity index is 1340. The standard InChI is InChI=1S/C21H16ClN7O/c22-18-9-5-4-8-16(18)10-25-30-13-19-26-21-17-11-24-28(12-15-6-2-1-3-7-15)20(17)23-14-29(21)27-19/h1-11,14H,12-13H2. The average molecular weight is 418 g/mol.